The summed E-state index contributed by atoms with van der Waals surface area (Å²) in [4.78, 5) is 11.5. The van der Waals surface area contributed by atoms with Crippen LogP contribution >= 0.6 is 0 Å². The fraction of sp³-hybridized carbons (Fsp3) is 0.310. The van der Waals surface area contributed by atoms with Crippen molar-refractivity contribution in [3.05, 3.63) is 77.7 Å². The van der Waals surface area contributed by atoms with Crippen LogP contribution in [0, 0.1) is 18.3 Å². The normalized spacial score (nSPS) is 16.9. The van der Waals surface area contributed by atoms with E-state index in [0.29, 0.717) is 11.4 Å². The molecule has 0 unspecified atom stereocenters. The van der Waals surface area contributed by atoms with Crippen molar-refractivity contribution in [2.75, 3.05) is 32.4 Å². The van der Waals surface area contributed by atoms with Crippen molar-refractivity contribution in [2.24, 2.45) is 0 Å². The molecule has 2 aromatic heterocycles. The van der Waals surface area contributed by atoms with Crippen LogP contribution in [0.5, 0.6) is 11.6 Å². The van der Waals surface area contributed by atoms with Gasteiger partial charge in [-0.25, -0.2) is 18.4 Å². The molecule has 11 nitrogen and oxygen atoms in total. The van der Waals surface area contributed by atoms with Crippen LogP contribution in [0.1, 0.15) is 23.1 Å². The second-order valence-electron chi connectivity index (χ2n) is 10.7. The molecule has 0 atom stereocenters. The number of anilines is 1. The van der Waals surface area contributed by atoms with Crippen LogP contribution in [0.4, 0.5) is 5.82 Å². The number of hydrogen-bond donors (Lipinski definition) is 1. The minimum atomic E-state index is -3.68. The number of aromatic nitrogens is 4. The fourth-order valence-corrected chi connectivity index (χ4v) is 7.16. The largest absolute Gasteiger partial charge is 0.433 e. The molecule has 2 aliphatic heterocycles. The Morgan fingerprint density at radius 2 is 1.95 bits per heavy atom. The molecular weight excluding hydrogens is 540 g/mol. The molecule has 0 aliphatic carbocycles. The highest BCUT2D eigenvalue weighted by Gasteiger charge is 2.50. The molecule has 1 fully saturated rings. The monoisotopic (exact) mass is 570 g/mol. The van der Waals surface area contributed by atoms with E-state index in [1.807, 2.05) is 0 Å². The first kappa shape index (κ1) is 26.9. The summed E-state index contributed by atoms with van der Waals surface area (Å²) in [7, 11) is -1.56. The lowest BCUT2D eigenvalue weighted by Crippen LogP contribution is -2.64. The number of fused-ring (bicyclic) bond motifs is 1. The van der Waals surface area contributed by atoms with Crippen molar-refractivity contribution < 1.29 is 13.2 Å². The van der Waals surface area contributed by atoms with Crippen molar-refractivity contribution in [2.45, 2.75) is 36.7 Å². The van der Waals surface area contributed by atoms with Crippen LogP contribution < -0.4 is 10.5 Å². The van der Waals surface area contributed by atoms with Crippen LogP contribution in [0.2, 0.25) is 0 Å². The number of benzene rings is 2. The van der Waals surface area contributed by atoms with Gasteiger partial charge in [-0.1, -0.05) is 18.2 Å². The minimum absolute atomic E-state index is 0.0826. The Labute approximate surface area is 238 Å². The van der Waals surface area contributed by atoms with Gasteiger partial charge in [0, 0.05) is 31.7 Å². The summed E-state index contributed by atoms with van der Waals surface area (Å²) in [5, 5.41) is 13.9. The topological polar surface area (TPSA) is 143 Å². The van der Waals surface area contributed by atoms with Crippen LogP contribution in [-0.2, 0) is 28.5 Å². The first-order valence-electron chi connectivity index (χ1n) is 13.3. The summed E-state index contributed by atoms with van der Waals surface area (Å²) in [6, 6.07) is 14.7. The van der Waals surface area contributed by atoms with Crippen LogP contribution in [0.25, 0.3) is 11.3 Å². The van der Waals surface area contributed by atoms with E-state index in [9.17, 15) is 13.7 Å². The predicted octanol–water partition coefficient (Wildman–Crippen LogP) is 3.32. The molecule has 0 radical (unpaired) electrons. The second kappa shape index (κ2) is 10.3. The summed E-state index contributed by atoms with van der Waals surface area (Å²) in [6.45, 7) is 4.26. The number of likely N-dealkylation sites (N-methyl/N-ethyl adjacent to an activating group) is 1. The molecule has 41 heavy (non-hydrogen) atoms. The minimum Gasteiger partial charge on any atom is -0.433 e. The number of hydrogen-bond acceptors (Lipinski definition) is 9. The Balaban J connectivity index is 1.23. The lowest BCUT2D eigenvalue weighted by atomic mass is 9.89. The maximum atomic E-state index is 13.0. The van der Waals surface area contributed by atoms with Gasteiger partial charge in [-0.3, -0.25) is 4.68 Å². The quantitative estimate of drug-likeness (QED) is 0.354. The van der Waals surface area contributed by atoms with Crippen molar-refractivity contribution in [3.63, 3.8) is 0 Å². The molecule has 0 amide bonds. The molecule has 4 heterocycles. The molecule has 210 valence electrons. The summed E-state index contributed by atoms with van der Waals surface area (Å²) in [5.74, 6) is 0.630. The van der Waals surface area contributed by atoms with E-state index in [4.69, 9.17) is 10.5 Å². The van der Waals surface area contributed by atoms with Crippen molar-refractivity contribution in [1.29, 1.82) is 5.26 Å². The number of nitrogens with zero attached hydrogens (tertiary/aromatic N) is 7. The van der Waals surface area contributed by atoms with Gasteiger partial charge in [-0.15, -0.1) is 0 Å². The third-order valence-corrected chi connectivity index (χ3v) is 9.61. The van der Waals surface area contributed by atoms with E-state index >= 15 is 0 Å². The second-order valence-corrected chi connectivity index (χ2v) is 12.7. The molecule has 4 aromatic rings. The molecule has 1 saturated heterocycles. The number of sulfonamides is 1. The lowest BCUT2D eigenvalue weighted by Gasteiger charge is -2.47. The van der Waals surface area contributed by atoms with Gasteiger partial charge in [0.2, 0.25) is 10.0 Å². The molecule has 0 spiro atoms. The van der Waals surface area contributed by atoms with Gasteiger partial charge in [0.1, 0.15) is 5.54 Å². The Kier molecular flexibility index (Phi) is 6.73. The smallest absolute Gasteiger partial charge is 0.263 e. The highest BCUT2D eigenvalue weighted by molar-refractivity contribution is 7.89. The van der Waals surface area contributed by atoms with E-state index < -0.39 is 15.6 Å². The van der Waals surface area contributed by atoms with Crippen LogP contribution in [0.15, 0.2) is 66.0 Å². The maximum absolute atomic E-state index is 13.0. The standard InChI is InChI=1S/C29H30N8O3S/c1-20-12-21(13-22-16-35(2)11-8-25(20)22)26-15-32-27(31)28(34-26)40-23-14-33-37(17-23)29(9-10-30)18-36(19-29)41(38,39)24-6-4-3-5-7-24/h3-7,12-15,17H,8-9,11,16,18-19H2,1-2H3,(H2,31,32). The van der Waals surface area contributed by atoms with Crippen molar-refractivity contribution >= 4 is 15.8 Å². The van der Waals surface area contributed by atoms with Crippen molar-refractivity contribution in [1.82, 2.24) is 29.0 Å². The number of ether oxygens (including phenoxy) is 1. The Morgan fingerprint density at radius 3 is 2.71 bits per heavy atom. The van der Waals surface area contributed by atoms with Gasteiger partial charge in [-0.05, 0) is 61.3 Å². The van der Waals surface area contributed by atoms with Gasteiger partial charge in [0.25, 0.3) is 5.88 Å². The van der Waals surface area contributed by atoms with E-state index in [1.54, 1.807) is 47.4 Å². The van der Waals surface area contributed by atoms with Gasteiger partial charge in [0.15, 0.2) is 11.6 Å². The highest BCUT2D eigenvalue weighted by Crippen LogP contribution is 2.38. The number of nitrogens with two attached hydrogens (primary N) is 1. The molecule has 6 rings (SSSR count). The first-order valence-corrected chi connectivity index (χ1v) is 14.7. The first-order chi connectivity index (χ1) is 19.7. The third-order valence-electron chi connectivity index (χ3n) is 7.80. The van der Waals surface area contributed by atoms with Crippen LogP contribution in [-0.4, -0.2) is 64.1 Å². The number of nitrogen functional groups attached to an aromatic ring is 1. The average molecular weight is 571 g/mol. The predicted molar refractivity (Wildman–Crippen MR) is 152 cm³/mol. The summed E-state index contributed by atoms with van der Waals surface area (Å²) in [6.07, 6.45) is 5.88. The Hall–Kier alpha value is -4.31. The molecule has 0 bridgehead atoms. The van der Waals surface area contributed by atoms with E-state index in [1.165, 1.54) is 27.2 Å². The number of nitriles is 1. The van der Waals surface area contributed by atoms with E-state index in [0.717, 1.165) is 25.1 Å². The van der Waals surface area contributed by atoms with Crippen LogP contribution in [0.3, 0.4) is 0 Å². The van der Waals surface area contributed by atoms with E-state index in [2.05, 4.69) is 52.1 Å². The maximum Gasteiger partial charge on any atom is 0.263 e. The molecule has 2 N–H and O–H groups in total. The molecular formula is C29H30N8O3S. The Bertz CT molecular complexity index is 1760. The highest BCUT2D eigenvalue weighted by atomic mass is 32.2. The SMILES string of the molecule is Cc1cc(-c2cnc(N)c(Oc3cnn(C4(CC#N)CN(S(=O)(=O)c5ccccc5)C4)c3)n2)cc2c1CCN(C)C2. The molecule has 2 aliphatic rings. The third kappa shape index (κ3) is 4.93. The average Bonchev–Trinajstić information content (AvgIpc) is 3.40. The zero-order chi connectivity index (χ0) is 28.8. The lowest BCUT2D eigenvalue weighted by molar-refractivity contribution is 0.0715. The van der Waals surface area contributed by atoms with E-state index in [-0.39, 0.29) is 36.1 Å². The number of aryl methyl sites for hydroxylation is 1. The van der Waals surface area contributed by atoms with Gasteiger partial charge < -0.3 is 15.4 Å². The van der Waals surface area contributed by atoms with Gasteiger partial charge >= 0.3 is 0 Å². The zero-order valence-corrected chi connectivity index (χ0v) is 23.7. The van der Waals surface area contributed by atoms with Gasteiger partial charge in [-0.2, -0.15) is 14.7 Å². The number of rotatable bonds is 7. The summed E-state index contributed by atoms with van der Waals surface area (Å²) < 4.78 is 35.1. The fourth-order valence-electron chi connectivity index (χ4n) is 5.54. The summed E-state index contributed by atoms with van der Waals surface area (Å²) in [5.41, 5.74) is 10.8. The van der Waals surface area contributed by atoms with Gasteiger partial charge in [0.05, 0.1) is 41.7 Å². The molecule has 2 aromatic carbocycles. The molecule has 0 saturated carbocycles. The Morgan fingerprint density at radius 1 is 1.17 bits per heavy atom. The molecule has 12 heteroatoms. The zero-order valence-electron chi connectivity index (χ0n) is 22.9. The summed E-state index contributed by atoms with van der Waals surface area (Å²) >= 11 is 0. The van der Waals surface area contributed by atoms with Crippen molar-refractivity contribution in [3.8, 4) is 29.0 Å².